The van der Waals surface area contributed by atoms with E-state index in [1.165, 1.54) is 43.5 Å². The highest BCUT2D eigenvalue weighted by Crippen LogP contribution is 2.37. The van der Waals surface area contributed by atoms with Crippen LogP contribution in [-0.2, 0) is 4.84 Å². The van der Waals surface area contributed by atoms with E-state index in [0.29, 0.717) is 0 Å². The molecule has 0 fully saturated rings. The van der Waals surface area contributed by atoms with Crippen molar-refractivity contribution in [2.45, 2.75) is 0 Å². The Bertz CT molecular complexity index is 632. The molecule has 0 saturated carbocycles. The van der Waals surface area contributed by atoms with Gasteiger partial charge in [-0.1, -0.05) is 24.3 Å². The summed E-state index contributed by atoms with van der Waals surface area (Å²) in [5, 5.41) is 23.2. The molecule has 21 heavy (non-hydrogen) atoms. The molecule has 0 unspecified atom stereocenters. The molecule has 0 saturated heterocycles. The molecular formula is C13H11N3O5. The van der Waals surface area contributed by atoms with Crippen molar-refractivity contribution in [1.29, 1.82) is 0 Å². The zero-order chi connectivity index (χ0) is 15.4. The van der Waals surface area contributed by atoms with Crippen molar-refractivity contribution in [3.05, 3.63) is 68.8 Å². The van der Waals surface area contributed by atoms with Crippen LogP contribution in [0.3, 0.4) is 0 Å². The van der Waals surface area contributed by atoms with Crippen LogP contribution in [0.15, 0.2) is 48.5 Å². The zero-order valence-electron chi connectivity index (χ0n) is 11.0. The number of hydrogen-bond acceptors (Lipinski definition) is 6. The van der Waals surface area contributed by atoms with Crippen LogP contribution in [0.4, 0.5) is 22.7 Å². The third-order valence-electron chi connectivity index (χ3n) is 2.78. The normalized spacial score (nSPS) is 10.1. The molecule has 8 heteroatoms. The molecule has 8 nitrogen and oxygen atoms in total. The molecule has 2 aromatic rings. The van der Waals surface area contributed by atoms with Gasteiger partial charge in [0.25, 0.3) is 11.4 Å². The summed E-state index contributed by atoms with van der Waals surface area (Å²) in [6.45, 7) is 0. The van der Waals surface area contributed by atoms with Crippen LogP contribution >= 0.6 is 0 Å². The molecular weight excluding hydrogens is 278 g/mol. The van der Waals surface area contributed by atoms with Crippen LogP contribution in [0.25, 0.3) is 0 Å². The number of nitro groups is 2. The highest BCUT2D eigenvalue weighted by molar-refractivity contribution is 5.75. The van der Waals surface area contributed by atoms with Crippen molar-refractivity contribution >= 4 is 22.7 Å². The summed E-state index contributed by atoms with van der Waals surface area (Å²) in [6, 6.07) is 11.7. The predicted molar refractivity (Wildman–Crippen MR) is 75.3 cm³/mol. The van der Waals surface area contributed by atoms with Crippen LogP contribution in [0.5, 0.6) is 0 Å². The largest absolute Gasteiger partial charge is 0.295 e. The number of nitro benzene ring substituents is 2. The minimum Gasteiger partial charge on any atom is -0.271 e. The molecule has 108 valence electrons. The predicted octanol–water partition coefficient (Wildman–Crippen LogP) is 3.20. The summed E-state index contributed by atoms with van der Waals surface area (Å²) in [5.74, 6) is 0. The first-order valence-corrected chi connectivity index (χ1v) is 5.87. The van der Waals surface area contributed by atoms with E-state index in [1.807, 2.05) is 0 Å². The SMILES string of the molecule is CON(c1ccccc1[N+](=O)[O-])c1ccccc1[N+](=O)[O-]. The summed E-state index contributed by atoms with van der Waals surface area (Å²) in [6.07, 6.45) is 0. The van der Waals surface area contributed by atoms with Crippen molar-refractivity contribution in [2.75, 3.05) is 12.2 Å². The fraction of sp³-hybridized carbons (Fsp3) is 0.0769. The molecule has 2 aromatic carbocycles. The van der Waals surface area contributed by atoms with Gasteiger partial charge in [0.15, 0.2) is 0 Å². The van der Waals surface area contributed by atoms with E-state index in [4.69, 9.17) is 4.84 Å². The van der Waals surface area contributed by atoms with E-state index in [-0.39, 0.29) is 22.7 Å². The summed E-state index contributed by atoms with van der Waals surface area (Å²) in [7, 11) is 1.29. The van der Waals surface area contributed by atoms with Gasteiger partial charge >= 0.3 is 0 Å². The Kier molecular flexibility index (Phi) is 4.10. The van der Waals surface area contributed by atoms with Gasteiger partial charge in [0, 0.05) is 12.1 Å². The van der Waals surface area contributed by atoms with Gasteiger partial charge in [-0.05, 0) is 12.1 Å². The van der Waals surface area contributed by atoms with Crippen LogP contribution < -0.4 is 5.06 Å². The van der Waals surface area contributed by atoms with Crippen molar-refractivity contribution < 1.29 is 14.7 Å². The first-order chi connectivity index (χ1) is 10.1. The van der Waals surface area contributed by atoms with Crippen LogP contribution in [0.1, 0.15) is 0 Å². The number of hydrogen-bond donors (Lipinski definition) is 0. The molecule has 0 radical (unpaired) electrons. The first-order valence-electron chi connectivity index (χ1n) is 5.87. The smallest absolute Gasteiger partial charge is 0.271 e. The Labute approximate surface area is 119 Å². The molecule has 0 spiro atoms. The highest BCUT2D eigenvalue weighted by Gasteiger charge is 2.25. The number of nitrogens with zero attached hydrogens (tertiary/aromatic N) is 3. The fourth-order valence-electron chi connectivity index (χ4n) is 1.91. The Balaban J connectivity index is 2.61. The lowest BCUT2D eigenvalue weighted by molar-refractivity contribution is -0.385. The molecule has 0 amide bonds. The van der Waals surface area contributed by atoms with Crippen molar-refractivity contribution in [2.24, 2.45) is 0 Å². The number of anilines is 2. The van der Waals surface area contributed by atoms with E-state index in [9.17, 15) is 20.2 Å². The van der Waals surface area contributed by atoms with E-state index in [2.05, 4.69) is 0 Å². The summed E-state index contributed by atoms with van der Waals surface area (Å²) in [5.41, 5.74) is -0.200. The molecule has 0 aliphatic heterocycles. The second-order valence-electron chi connectivity index (χ2n) is 3.97. The number of para-hydroxylation sites is 4. The average molecular weight is 289 g/mol. The topological polar surface area (TPSA) is 98.8 Å². The van der Waals surface area contributed by atoms with E-state index in [1.54, 1.807) is 12.1 Å². The Morgan fingerprint density at radius 1 is 0.857 bits per heavy atom. The molecule has 2 rings (SSSR count). The molecule has 0 heterocycles. The van der Waals surface area contributed by atoms with Gasteiger partial charge in [0.2, 0.25) is 0 Å². The molecule has 0 bridgehead atoms. The minimum absolute atomic E-state index is 0.110. The monoisotopic (exact) mass is 289 g/mol. The Morgan fingerprint density at radius 3 is 1.57 bits per heavy atom. The van der Waals surface area contributed by atoms with Crippen molar-refractivity contribution in [3.8, 4) is 0 Å². The van der Waals surface area contributed by atoms with Gasteiger partial charge in [0.1, 0.15) is 11.4 Å². The van der Waals surface area contributed by atoms with Gasteiger partial charge in [-0.15, -0.1) is 0 Å². The first kappa shape index (κ1) is 14.4. The molecule has 0 atom stereocenters. The quantitative estimate of drug-likeness (QED) is 0.619. The van der Waals surface area contributed by atoms with Gasteiger partial charge in [0.05, 0.1) is 17.0 Å². The third-order valence-corrected chi connectivity index (χ3v) is 2.78. The average Bonchev–Trinajstić information content (AvgIpc) is 2.48. The highest BCUT2D eigenvalue weighted by atomic mass is 16.7. The van der Waals surface area contributed by atoms with Crippen LogP contribution in [0, 0.1) is 20.2 Å². The lowest BCUT2D eigenvalue weighted by Gasteiger charge is -2.21. The van der Waals surface area contributed by atoms with Gasteiger partial charge < -0.3 is 0 Å². The maximum Gasteiger partial charge on any atom is 0.295 e. The second-order valence-corrected chi connectivity index (χ2v) is 3.97. The summed E-state index contributed by atoms with van der Waals surface area (Å²) >= 11 is 0. The lowest BCUT2D eigenvalue weighted by Crippen LogP contribution is -2.17. The van der Waals surface area contributed by atoms with E-state index >= 15 is 0 Å². The number of rotatable bonds is 5. The van der Waals surface area contributed by atoms with Gasteiger partial charge in [-0.25, -0.2) is 5.06 Å². The Morgan fingerprint density at radius 2 is 1.24 bits per heavy atom. The third kappa shape index (κ3) is 2.79. The Hall–Kier alpha value is -3.00. The minimum atomic E-state index is -0.573. The molecule has 0 aromatic heterocycles. The standard InChI is InChI=1S/C13H11N3O5/c1-21-14(10-6-2-4-8-12(10)15(17)18)11-7-3-5-9-13(11)16(19)20/h2-9H,1H3. The van der Waals surface area contributed by atoms with E-state index in [0.717, 1.165) is 5.06 Å². The zero-order valence-corrected chi connectivity index (χ0v) is 11.0. The fourth-order valence-corrected chi connectivity index (χ4v) is 1.91. The van der Waals surface area contributed by atoms with Gasteiger partial charge in [-0.3, -0.25) is 25.1 Å². The molecule has 0 aliphatic carbocycles. The maximum absolute atomic E-state index is 11.1. The lowest BCUT2D eigenvalue weighted by atomic mass is 10.2. The molecule has 0 aliphatic rings. The summed E-state index contributed by atoms with van der Waals surface area (Å²) < 4.78 is 0. The van der Waals surface area contributed by atoms with Crippen molar-refractivity contribution in [3.63, 3.8) is 0 Å². The second kappa shape index (κ2) is 5.97. The molecule has 0 N–H and O–H groups in total. The number of benzene rings is 2. The summed E-state index contributed by atoms with van der Waals surface area (Å²) in [4.78, 5) is 26.1. The van der Waals surface area contributed by atoms with Crippen LogP contribution in [-0.4, -0.2) is 17.0 Å². The van der Waals surface area contributed by atoms with E-state index < -0.39 is 9.85 Å². The maximum atomic E-state index is 11.1. The van der Waals surface area contributed by atoms with Crippen molar-refractivity contribution in [1.82, 2.24) is 0 Å². The van der Waals surface area contributed by atoms with Gasteiger partial charge in [-0.2, -0.15) is 0 Å². The van der Waals surface area contributed by atoms with Crippen LogP contribution in [0.2, 0.25) is 0 Å².